The van der Waals surface area contributed by atoms with Gasteiger partial charge in [-0.15, -0.1) is 0 Å². The van der Waals surface area contributed by atoms with Gasteiger partial charge in [-0.2, -0.15) is 4.98 Å². The summed E-state index contributed by atoms with van der Waals surface area (Å²) in [5.74, 6) is 6.78. The van der Waals surface area contributed by atoms with Gasteiger partial charge in [-0.3, -0.25) is 0 Å². The number of nitrogens with zero attached hydrogens (tertiary/aromatic N) is 2. The molecule has 2 bridgehead atoms. The molecule has 126 valence electrons. The number of fused-ring (bicyclic) bond motifs is 5. The molecule has 1 heterocycles. The van der Waals surface area contributed by atoms with Crippen LogP contribution in [0.5, 0.6) is 0 Å². The van der Waals surface area contributed by atoms with Crippen LogP contribution in [-0.2, 0) is 0 Å². The molecule has 0 saturated heterocycles. The number of rotatable bonds is 5. The Kier molecular flexibility index (Phi) is 3.33. The van der Waals surface area contributed by atoms with Crippen LogP contribution in [0.4, 0.5) is 0 Å². The van der Waals surface area contributed by atoms with Crippen LogP contribution in [0.1, 0.15) is 82.5 Å². The highest BCUT2D eigenvalue weighted by Crippen LogP contribution is 2.59. The molecule has 6 unspecified atom stereocenters. The van der Waals surface area contributed by atoms with E-state index < -0.39 is 0 Å². The lowest BCUT2D eigenvalue weighted by Crippen LogP contribution is -2.42. The van der Waals surface area contributed by atoms with Crippen LogP contribution in [0.3, 0.4) is 0 Å². The molecule has 4 saturated carbocycles. The van der Waals surface area contributed by atoms with Crippen LogP contribution in [-0.4, -0.2) is 16.2 Å². The van der Waals surface area contributed by atoms with Crippen LogP contribution in [0.15, 0.2) is 4.52 Å². The molecule has 1 aromatic heterocycles. The average molecular weight is 315 g/mol. The quantitative estimate of drug-likeness (QED) is 0.890. The Bertz CT molecular complexity index is 579. The van der Waals surface area contributed by atoms with Gasteiger partial charge < -0.3 is 9.84 Å². The predicted octanol–water partition coefficient (Wildman–Crippen LogP) is 4.06. The predicted molar refractivity (Wildman–Crippen MR) is 87.8 cm³/mol. The van der Waals surface area contributed by atoms with Crippen LogP contribution < -0.4 is 5.32 Å². The van der Waals surface area contributed by atoms with Crippen LogP contribution >= 0.6 is 0 Å². The Labute approximate surface area is 138 Å². The molecule has 4 nitrogen and oxygen atoms in total. The Morgan fingerprint density at radius 1 is 1.04 bits per heavy atom. The zero-order valence-electron chi connectivity index (χ0n) is 14.4. The molecule has 23 heavy (non-hydrogen) atoms. The van der Waals surface area contributed by atoms with Crippen molar-refractivity contribution in [2.75, 3.05) is 0 Å². The van der Waals surface area contributed by atoms with Crippen molar-refractivity contribution in [1.29, 1.82) is 0 Å². The fourth-order valence-corrected chi connectivity index (χ4v) is 5.92. The molecule has 4 heteroatoms. The van der Waals surface area contributed by atoms with Gasteiger partial charge in [0.15, 0.2) is 5.82 Å². The van der Waals surface area contributed by atoms with Crippen LogP contribution in [0.25, 0.3) is 0 Å². The van der Waals surface area contributed by atoms with E-state index >= 15 is 0 Å². The first-order valence-corrected chi connectivity index (χ1v) is 9.80. The summed E-state index contributed by atoms with van der Waals surface area (Å²) in [7, 11) is 0. The lowest BCUT2D eigenvalue weighted by atomic mass is 9.78. The molecule has 0 radical (unpaired) electrons. The second-order valence-electron chi connectivity index (χ2n) is 8.91. The third-order valence-electron chi connectivity index (χ3n) is 7.16. The Balaban J connectivity index is 1.32. The SMILES string of the molecule is CC(C)C(NC1CC2CC1C1CCCC21)c1nc(C2CC2)no1. The maximum atomic E-state index is 5.64. The lowest BCUT2D eigenvalue weighted by molar-refractivity contribution is 0.175. The van der Waals surface area contributed by atoms with Gasteiger partial charge in [-0.1, -0.05) is 25.4 Å². The van der Waals surface area contributed by atoms with Gasteiger partial charge in [0.05, 0.1) is 6.04 Å². The summed E-state index contributed by atoms with van der Waals surface area (Å²) >= 11 is 0. The molecule has 4 fully saturated rings. The number of aromatic nitrogens is 2. The van der Waals surface area contributed by atoms with Crippen molar-refractivity contribution >= 4 is 0 Å². The Hall–Kier alpha value is -0.900. The highest BCUT2D eigenvalue weighted by Gasteiger charge is 2.54. The van der Waals surface area contributed by atoms with E-state index in [1.165, 1.54) is 44.9 Å². The molecule has 5 rings (SSSR count). The third kappa shape index (κ3) is 2.36. The normalized spacial score (nSPS) is 40.0. The number of hydrogen-bond donors (Lipinski definition) is 1. The highest BCUT2D eigenvalue weighted by atomic mass is 16.5. The van der Waals surface area contributed by atoms with E-state index in [4.69, 9.17) is 9.51 Å². The average Bonchev–Trinajstić information content (AvgIpc) is 2.97. The van der Waals surface area contributed by atoms with Crippen molar-refractivity contribution in [2.24, 2.45) is 29.6 Å². The fraction of sp³-hybridized carbons (Fsp3) is 0.895. The number of hydrogen-bond acceptors (Lipinski definition) is 4. The third-order valence-corrected chi connectivity index (χ3v) is 7.16. The maximum Gasteiger partial charge on any atom is 0.244 e. The molecule has 1 aromatic rings. The number of nitrogens with one attached hydrogen (secondary N) is 1. The van der Waals surface area contributed by atoms with Crippen molar-refractivity contribution in [3.63, 3.8) is 0 Å². The topological polar surface area (TPSA) is 51.0 Å². The van der Waals surface area contributed by atoms with E-state index in [-0.39, 0.29) is 6.04 Å². The van der Waals surface area contributed by atoms with E-state index in [1.54, 1.807) is 0 Å². The van der Waals surface area contributed by atoms with Crippen molar-refractivity contribution in [2.45, 2.75) is 76.8 Å². The van der Waals surface area contributed by atoms with Gasteiger partial charge in [0.2, 0.25) is 5.89 Å². The fourth-order valence-electron chi connectivity index (χ4n) is 5.92. The van der Waals surface area contributed by atoms with E-state index in [0.717, 1.165) is 35.4 Å². The van der Waals surface area contributed by atoms with E-state index in [2.05, 4.69) is 24.3 Å². The van der Waals surface area contributed by atoms with Crippen molar-refractivity contribution in [1.82, 2.24) is 15.5 Å². The van der Waals surface area contributed by atoms with Crippen molar-refractivity contribution < 1.29 is 4.52 Å². The second-order valence-corrected chi connectivity index (χ2v) is 8.91. The van der Waals surface area contributed by atoms with Crippen LogP contribution in [0.2, 0.25) is 0 Å². The maximum absolute atomic E-state index is 5.64. The molecule has 0 spiro atoms. The minimum atomic E-state index is 0.221. The zero-order valence-corrected chi connectivity index (χ0v) is 14.4. The zero-order chi connectivity index (χ0) is 15.6. The summed E-state index contributed by atoms with van der Waals surface area (Å²) in [6, 6.07) is 0.891. The summed E-state index contributed by atoms with van der Waals surface area (Å²) in [6.45, 7) is 4.54. The molecule has 6 atom stereocenters. The smallest absolute Gasteiger partial charge is 0.244 e. The molecular formula is C19H29N3O. The van der Waals surface area contributed by atoms with Gasteiger partial charge in [0.1, 0.15) is 0 Å². The molecule has 4 aliphatic rings. The van der Waals surface area contributed by atoms with Gasteiger partial charge in [-0.05, 0) is 68.1 Å². The first-order chi connectivity index (χ1) is 11.2. The summed E-state index contributed by atoms with van der Waals surface area (Å²) in [6.07, 6.45) is 9.75. The van der Waals surface area contributed by atoms with Gasteiger partial charge in [-0.25, -0.2) is 0 Å². The Morgan fingerprint density at radius 2 is 1.87 bits per heavy atom. The van der Waals surface area contributed by atoms with E-state index in [0.29, 0.717) is 17.9 Å². The largest absolute Gasteiger partial charge is 0.338 e. The first kappa shape index (κ1) is 14.4. The summed E-state index contributed by atoms with van der Waals surface area (Å²) < 4.78 is 5.64. The van der Waals surface area contributed by atoms with Crippen molar-refractivity contribution in [3.05, 3.63) is 11.7 Å². The minimum Gasteiger partial charge on any atom is -0.338 e. The Morgan fingerprint density at radius 3 is 2.65 bits per heavy atom. The van der Waals surface area contributed by atoms with Gasteiger partial charge in [0.25, 0.3) is 0 Å². The van der Waals surface area contributed by atoms with Crippen LogP contribution in [0, 0.1) is 29.6 Å². The lowest BCUT2D eigenvalue weighted by Gasteiger charge is -2.35. The standard InChI is InChI=1S/C19H29N3O/c1-10(2)17(19-21-18(22-23-19)11-6-7-11)20-16-9-12-8-15(16)14-5-3-4-13(12)14/h10-17,20H,3-9H2,1-2H3. The van der Waals surface area contributed by atoms with Gasteiger partial charge in [0, 0.05) is 12.0 Å². The molecule has 0 aromatic carbocycles. The second kappa shape index (κ2) is 5.30. The monoisotopic (exact) mass is 315 g/mol. The summed E-state index contributed by atoms with van der Waals surface area (Å²) in [4.78, 5) is 4.72. The van der Waals surface area contributed by atoms with Crippen molar-refractivity contribution in [3.8, 4) is 0 Å². The van der Waals surface area contributed by atoms with E-state index in [1.807, 2.05) is 0 Å². The molecule has 0 aliphatic heterocycles. The molecule has 0 amide bonds. The molecular weight excluding hydrogens is 286 g/mol. The molecule has 1 N–H and O–H groups in total. The first-order valence-electron chi connectivity index (χ1n) is 9.80. The highest BCUT2D eigenvalue weighted by molar-refractivity contribution is 5.09. The van der Waals surface area contributed by atoms with E-state index in [9.17, 15) is 0 Å². The summed E-state index contributed by atoms with van der Waals surface area (Å²) in [5.41, 5.74) is 0. The molecule has 4 aliphatic carbocycles. The summed E-state index contributed by atoms with van der Waals surface area (Å²) in [5, 5.41) is 8.18. The minimum absolute atomic E-state index is 0.221. The van der Waals surface area contributed by atoms with Gasteiger partial charge >= 0.3 is 0 Å².